The first-order chi connectivity index (χ1) is 8.11. The van der Waals surface area contributed by atoms with Crippen molar-refractivity contribution in [1.82, 2.24) is 4.67 Å². The van der Waals surface area contributed by atoms with Crippen LogP contribution in [-0.4, -0.2) is 29.2 Å². The number of nitrogens with zero attached hydrogens (tertiary/aromatic N) is 1. The topological polar surface area (TPSA) is 46.6 Å². The molecule has 1 amide bonds. The van der Waals surface area contributed by atoms with Gasteiger partial charge < -0.3 is 9.41 Å². The first-order valence-electron chi connectivity index (χ1n) is 6.35. The molecule has 0 spiro atoms. The maximum absolute atomic E-state index is 11.8. The predicted octanol–water partition coefficient (Wildman–Crippen LogP) is 1.75. The molecule has 5 heteroatoms. The van der Waals surface area contributed by atoms with Crippen LogP contribution in [0, 0.1) is 11.8 Å². The quantitative estimate of drug-likeness (QED) is 0.439. The number of ether oxygens (including phenoxy) is 1. The molecule has 0 bridgehead atoms. The van der Waals surface area contributed by atoms with Gasteiger partial charge in [0.05, 0.1) is 12.5 Å². The van der Waals surface area contributed by atoms with Crippen LogP contribution in [0.4, 0.5) is 0 Å². The second-order valence-corrected chi connectivity index (χ2v) is 5.67. The number of hydrogen-bond acceptors (Lipinski definition) is 3. The van der Waals surface area contributed by atoms with Crippen LogP contribution >= 0.6 is 9.39 Å². The van der Waals surface area contributed by atoms with Crippen molar-refractivity contribution >= 4 is 21.3 Å². The highest BCUT2D eigenvalue weighted by Crippen LogP contribution is 2.31. The summed E-state index contributed by atoms with van der Waals surface area (Å²) >= 11 is 0. The fourth-order valence-electron chi connectivity index (χ4n) is 2.62. The van der Waals surface area contributed by atoms with Gasteiger partial charge in [-0.05, 0) is 28.2 Å². The van der Waals surface area contributed by atoms with E-state index >= 15 is 0 Å². The van der Waals surface area contributed by atoms with Crippen molar-refractivity contribution in [2.24, 2.45) is 11.8 Å². The lowest BCUT2D eigenvalue weighted by molar-refractivity contribution is -0.166. The molecule has 0 aromatic carbocycles. The molecule has 1 heterocycles. The van der Waals surface area contributed by atoms with Crippen LogP contribution in [0.5, 0.6) is 0 Å². The molecule has 1 saturated heterocycles. The lowest BCUT2D eigenvalue weighted by atomic mass is 9.90. The molecule has 1 saturated carbocycles. The van der Waals surface area contributed by atoms with Crippen LogP contribution in [0.1, 0.15) is 39.0 Å². The van der Waals surface area contributed by atoms with Crippen LogP contribution in [0.15, 0.2) is 0 Å². The third kappa shape index (κ3) is 2.62. The van der Waals surface area contributed by atoms with E-state index < -0.39 is 6.04 Å². The Kier molecular flexibility index (Phi) is 4.03. The molecule has 1 aliphatic carbocycles. The van der Waals surface area contributed by atoms with Crippen molar-refractivity contribution in [2.45, 2.75) is 45.1 Å². The SMILES string of the molecule is CC1C(=O)N(P)C1C(=O)OCC1CCCCC1. The van der Waals surface area contributed by atoms with Crippen molar-refractivity contribution < 1.29 is 14.3 Å². The first kappa shape index (κ1) is 12.8. The Bertz CT molecular complexity index is 303. The number of β-lactam (4-membered cyclic amide) rings is 1. The average molecular weight is 257 g/mol. The van der Waals surface area contributed by atoms with Gasteiger partial charge in [-0.3, -0.25) is 4.79 Å². The van der Waals surface area contributed by atoms with Crippen LogP contribution in [-0.2, 0) is 14.3 Å². The highest BCUT2D eigenvalue weighted by Gasteiger charge is 2.47. The lowest BCUT2D eigenvalue weighted by Gasteiger charge is -2.40. The molecule has 96 valence electrons. The smallest absolute Gasteiger partial charge is 0.329 e. The van der Waals surface area contributed by atoms with Crippen molar-refractivity contribution in [3.63, 3.8) is 0 Å². The molecule has 0 aromatic rings. The minimum Gasteiger partial charge on any atom is -0.464 e. The highest BCUT2D eigenvalue weighted by molar-refractivity contribution is 7.15. The third-order valence-electron chi connectivity index (χ3n) is 3.84. The predicted molar refractivity (Wildman–Crippen MR) is 67.0 cm³/mol. The molecular weight excluding hydrogens is 237 g/mol. The largest absolute Gasteiger partial charge is 0.464 e. The van der Waals surface area contributed by atoms with E-state index in [1.165, 1.54) is 23.9 Å². The Labute approximate surface area is 104 Å². The number of carbonyl (C=O) groups excluding carboxylic acids is 2. The molecule has 17 heavy (non-hydrogen) atoms. The standard InChI is InChI=1S/C12H20NO3P/c1-8-10(13(17)11(8)14)12(15)16-7-9-5-3-2-4-6-9/h8-10H,2-7,17H2,1H3. The Morgan fingerprint density at radius 2 is 2.06 bits per heavy atom. The maximum atomic E-state index is 11.8. The van der Waals surface area contributed by atoms with E-state index in [9.17, 15) is 9.59 Å². The van der Waals surface area contributed by atoms with E-state index in [2.05, 4.69) is 9.39 Å². The Morgan fingerprint density at radius 1 is 1.41 bits per heavy atom. The summed E-state index contributed by atoms with van der Waals surface area (Å²) in [5.74, 6) is 0.0374. The summed E-state index contributed by atoms with van der Waals surface area (Å²) in [7, 11) is 2.29. The monoisotopic (exact) mass is 257 g/mol. The normalized spacial score (nSPS) is 30.0. The first-order valence-corrected chi connectivity index (χ1v) is 6.87. The van der Waals surface area contributed by atoms with Crippen LogP contribution in [0.25, 0.3) is 0 Å². The summed E-state index contributed by atoms with van der Waals surface area (Å²) in [6, 6.07) is -0.393. The van der Waals surface area contributed by atoms with Gasteiger partial charge in [0.25, 0.3) is 0 Å². The molecular formula is C12H20NO3P. The van der Waals surface area contributed by atoms with Gasteiger partial charge in [0.15, 0.2) is 0 Å². The molecule has 2 fully saturated rings. The minimum atomic E-state index is -0.393. The zero-order valence-electron chi connectivity index (χ0n) is 10.2. The fraction of sp³-hybridized carbons (Fsp3) is 0.833. The molecule has 2 aliphatic rings. The number of carbonyl (C=O) groups is 2. The zero-order chi connectivity index (χ0) is 12.4. The third-order valence-corrected chi connectivity index (χ3v) is 4.42. The Balaban J connectivity index is 1.75. The number of amides is 1. The van der Waals surface area contributed by atoms with E-state index in [1.54, 1.807) is 6.92 Å². The van der Waals surface area contributed by atoms with Gasteiger partial charge in [-0.25, -0.2) is 4.79 Å². The lowest BCUT2D eigenvalue weighted by Crippen LogP contribution is -2.58. The average Bonchev–Trinajstić information content (AvgIpc) is 2.37. The van der Waals surface area contributed by atoms with Crippen LogP contribution in [0.3, 0.4) is 0 Å². The molecule has 3 unspecified atom stereocenters. The molecule has 3 atom stereocenters. The number of rotatable bonds is 3. The molecule has 0 radical (unpaired) electrons. The maximum Gasteiger partial charge on any atom is 0.329 e. The summed E-state index contributed by atoms with van der Waals surface area (Å²) in [4.78, 5) is 23.1. The van der Waals surface area contributed by atoms with Crippen molar-refractivity contribution in [2.75, 3.05) is 6.61 Å². The number of hydrogen-bond donors (Lipinski definition) is 0. The zero-order valence-corrected chi connectivity index (χ0v) is 11.4. The highest BCUT2D eigenvalue weighted by atomic mass is 31.0. The molecule has 0 N–H and O–H groups in total. The van der Waals surface area contributed by atoms with E-state index in [0.717, 1.165) is 12.8 Å². The van der Waals surface area contributed by atoms with E-state index in [-0.39, 0.29) is 17.8 Å². The molecule has 2 rings (SSSR count). The summed E-state index contributed by atoms with van der Waals surface area (Å²) in [6.07, 6.45) is 6.12. The van der Waals surface area contributed by atoms with Gasteiger partial charge in [0.1, 0.15) is 6.04 Å². The van der Waals surface area contributed by atoms with Gasteiger partial charge >= 0.3 is 5.97 Å². The van der Waals surface area contributed by atoms with Crippen molar-refractivity contribution in [1.29, 1.82) is 0 Å². The summed E-state index contributed by atoms with van der Waals surface area (Å²) in [6.45, 7) is 2.30. The summed E-state index contributed by atoms with van der Waals surface area (Å²) < 4.78 is 6.73. The van der Waals surface area contributed by atoms with E-state index in [0.29, 0.717) is 12.5 Å². The summed E-state index contributed by atoms with van der Waals surface area (Å²) in [5, 5.41) is 0. The number of esters is 1. The van der Waals surface area contributed by atoms with Crippen LogP contribution in [0.2, 0.25) is 0 Å². The van der Waals surface area contributed by atoms with E-state index in [4.69, 9.17) is 4.74 Å². The summed E-state index contributed by atoms with van der Waals surface area (Å²) in [5.41, 5.74) is 0. The molecule has 1 aliphatic heterocycles. The van der Waals surface area contributed by atoms with E-state index in [1.807, 2.05) is 0 Å². The van der Waals surface area contributed by atoms with Crippen LogP contribution < -0.4 is 0 Å². The molecule has 4 nitrogen and oxygen atoms in total. The minimum absolute atomic E-state index is 0.00498. The second kappa shape index (κ2) is 5.34. The molecule has 0 aromatic heterocycles. The van der Waals surface area contributed by atoms with Gasteiger partial charge in [-0.2, -0.15) is 0 Å². The Hall–Kier alpha value is -0.630. The van der Waals surface area contributed by atoms with Gasteiger partial charge in [0, 0.05) is 0 Å². The fourth-order valence-corrected chi connectivity index (χ4v) is 3.24. The second-order valence-electron chi connectivity index (χ2n) is 5.11. The van der Waals surface area contributed by atoms with Gasteiger partial charge in [0.2, 0.25) is 5.91 Å². The van der Waals surface area contributed by atoms with Gasteiger partial charge in [-0.15, -0.1) is 0 Å². The van der Waals surface area contributed by atoms with Crippen molar-refractivity contribution in [3.8, 4) is 0 Å². The van der Waals surface area contributed by atoms with Crippen molar-refractivity contribution in [3.05, 3.63) is 0 Å². The Morgan fingerprint density at radius 3 is 2.65 bits per heavy atom. The van der Waals surface area contributed by atoms with Gasteiger partial charge in [-0.1, -0.05) is 26.2 Å².